The van der Waals surface area contributed by atoms with Gasteiger partial charge in [-0.3, -0.25) is 9.47 Å². The maximum Gasteiger partial charge on any atom is 0.350 e. The number of hydrogen-bond donors (Lipinski definition) is 0. The number of nitrogens with zero attached hydrogens (tertiary/aromatic N) is 9. The average molecular weight is 618 g/mol. The zero-order chi connectivity index (χ0) is 31.9. The van der Waals surface area contributed by atoms with Gasteiger partial charge in [0.1, 0.15) is 29.5 Å². The van der Waals surface area contributed by atoms with Crippen LogP contribution in [-0.2, 0) is 31.5 Å². The topological polar surface area (TPSA) is 110 Å². The Morgan fingerprint density at radius 1 is 1.11 bits per heavy atom. The Morgan fingerprint density at radius 2 is 1.86 bits per heavy atom. The highest BCUT2D eigenvalue weighted by molar-refractivity contribution is 6.76. The van der Waals surface area contributed by atoms with Crippen LogP contribution in [0.2, 0.25) is 25.7 Å². The second-order valence-corrected chi connectivity index (χ2v) is 19.1. The molecule has 0 bridgehead atoms. The van der Waals surface area contributed by atoms with Crippen molar-refractivity contribution >= 4 is 36.1 Å². The molecule has 4 heterocycles. The van der Waals surface area contributed by atoms with Gasteiger partial charge < -0.3 is 18.8 Å². The number of fused-ring (bicyclic) bond motifs is 2. The van der Waals surface area contributed by atoms with Gasteiger partial charge in [0.15, 0.2) is 5.82 Å². The number of piperazine rings is 1. The number of hydrogen-bond acceptors (Lipinski definition) is 8. The van der Waals surface area contributed by atoms with E-state index in [1.165, 1.54) is 5.56 Å². The number of nitriles is 1. The summed E-state index contributed by atoms with van der Waals surface area (Å²) in [5, 5.41) is 9.39. The normalized spacial score (nSPS) is 18.8. The number of rotatable bonds is 10. The number of ether oxygens (including phenoxy) is 1. The van der Waals surface area contributed by atoms with Crippen LogP contribution >= 0.6 is 0 Å². The van der Waals surface area contributed by atoms with Gasteiger partial charge in [0, 0.05) is 59.5 Å². The van der Waals surface area contributed by atoms with E-state index in [1.807, 2.05) is 18.4 Å². The van der Waals surface area contributed by atoms with Crippen molar-refractivity contribution in [3.05, 3.63) is 45.9 Å². The van der Waals surface area contributed by atoms with Crippen molar-refractivity contribution < 1.29 is 4.74 Å². The first-order chi connectivity index (χ1) is 20.8. The molecule has 1 aromatic carbocycles. The van der Waals surface area contributed by atoms with Gasteiger partial charge in [0.2, 0.25) is 0 Å². The lowest BCUT2D eigenvalue weighted by Crippen LogP contribution is -2.57. The highest BCUT2D eigenvalue weighted by atomic mass is 28.3. The molecule has 4 aromatic rings. The van der Waals surface area contributed by atoms with E-state index in [0.29, 0.717) is 42.6 Å². The van der Waals surface area contributed by atoms with Crippen LogP contribution in [0.5, 0.6) is 0 Å². The molecule has 3 aromatic heterocycles. The van der Waals surface area contributed by atoms with Crippen LogP contribution in [-0.4, -0.2) is 73.4 Å². The van der Waals surface area contributed by atoms with Gasteiger partial charge >= 0.3 is 5.69 Å². The standard InChI is InChI=1S/C32H47N9O2Si/c1-10-38-28(13-14-33)35-29-30(36-32(42)37(6)31(29)38)40-19-21(2)39(18-22(40)3)23(4)25-11-12-27-26(17-25)34-24(5)41(27)20-43-15-16-44(7,8)9/h11-12,17,21-23H,10,13,15-16,18-20H2,1-9H3/t21-,22+,23?/m1/s1. The van der Waals surface area contributed by atoms with Gasteiger partial charge in [-0.05, 0) is 58.4 Å². The fraction of sp³-hybridized carbons (Fsp3) is 0.594. The largest absolute Gasteiger partial charge is 0.361 e. The molecular formula is C32H47N9O2Si. The summed E-state index contributed by atoms with van der Waals surface area (Å²) >= 11 is 0. The number of imidazole rings is 2. The van der Waals surface area contributed by atoms with E-state index in [4.69, 9.17) is 14.7 Å². The van der Waals surface area contributed by atoms with Crippen molar-refractivity contribution in [2.45, 2.75) is 98.1 Å². The molecule has 44 heavy (non-hydrogen) atoms. The van der Waals surface area contributed by atoms with Gasteiger partial charge in [-0.1, -0.05) is 25.7 Å². The Hall–Kier alpha value is -3.53. The minimum Gasteiger partial charge on any atom is -0.361 e. The maximum absolute atomic E-state index is 13.0. The highest BCUT2D eigenvalue weighted by Gasteiger charge is 2.35. The molecule has 0 radical (unpaired) electrons. The summed E-state index contributed by atoms with van der Waals surface area (Å²) in [6, 6.07) is 10.4. The molecule has 236 valence electrons. The van der Waals surface area contributed by atoms with Gasteiger partial charge in [-0.25, -0.2) is 14.8 Å². The van der Waals surface area contributed by atoms with Crippen molar-refractivity contribution in [1.29, 1.82) is 5.26 Å². The Balaban J connectivity index is 1.37. The van der Waals surface area contributed by atoms with Crippen LogP contribution < -0.4 is 10.6 Å². The molecule has 3 atom stereocenters. The molecule has 5 rings (SSSR count). The zero-order valence-electron chi connectivity index (χ0n) is 27.8. The SMILES string of the molecule is CCn1c(CC#N)nc2c(N3C[C@@H](C)N(C(C)c4ccc5c(c4)nc(C)n5COCC[Si](C)(C)C)C[C@@H]3C)nc(=O)n(C)c21. The van der Waals surface area contributed by atoms with Crippen LogP contribution in [0, 0.1) is 18.3 Å². The van der Waals surface area contributed by atoms with Crippen molar-refractivity contribution in [3.63, 3.8) is 0 Å². The van der Waals surface area contributed by atoms with Gasteiger partial charge in [0.05, 0.1) is 23.5 Å². The van der Waals surface area contributed by atoms with Crippen LogP contribution in [0.1, 0.15) is 50.9 Å². The van der Waals surface area contributed by atoms with E-state index in [9.17, 15) is 10.1 Å². The van der Waals surface area contributed by atoms with Gasteiger partial charge in [-0.15, -0.1) is 0 Å². The van der Waals surface area contributed by atoms with E-state index in [1.54, 1.807) is 11.6 Å². The molecule has 12 heteroatoms. The second kappa shape index (κ2) is 12.5. The fourth-order valence-corrected chi connectivity index (χ4v) is 7.19. The molecule has 0 aliphatic carbocycles. The van der Waals surface area contributed by atoms with Crippen LogP contribution in [0.4, 0.5) is 5.82 Å². The van der Waals surface area contributed by atoms with Gasteiger partial charge in [0.25, 0.3) is 0 Å². The number of aromatic nitrogens is 6. The van der Waals surface area contributed by atoms with E-state index in [2.05, 4.69) is 84.0 Å². The van der Waals surface area contributed by atoms with E-state index < -0.39 is 8.07 Å². The average Bonchev–Trinajstić information content (AvgIpc) is 3.49. The molecule has 0 amide bonds. The molecule has 0 spiro atoms. The summed E-state index contributed by atoms with van der Waals surface area (Å²) in [4.78, 5) is 32.0. The van der Waals surface area contributed by atoms with E-state index >= 15 is 0 Å². The predicted octanol–water partition coefficient (Wildman–Crippen LogP) is 4.85. The monoisotopic (exact) mass is 617 g/mol. The lowest BCUT2D eigenvalue weighted by Gasteiger charge is -2.47. The van der Waals surface area contributed by atoms with E-state index in [0.717, 1.165) is 36.1 Å². The van der Waals surface area contributed by atoms with Crippen molar-refractivity contribution in [2.75, 3.05) is 24.6 Å². The Labute approximate surface area is 261 Å². The van der Waals surface area contributed by atoms with Crippen molar-refractivity contribution in [1.82, 2.24) is 33.6 Å². The third-order valence-electron chi connectivity index (χ3n) is 9.06. The summed E-state index contributed by atoms with van der Waals surface area (Å²) < 4.78 is 11.7. The molecule has 1 aliphatic heterocycles. The van der Waals surface area contributed by atoms with Crippen molar-refractivity contribution in [3.8, 4) is 6.07 Å². The first kappa shape index (κ1) is 31.9. The smallest absolute Gasteiger partial charge is 0.350 e. The number of aryl methyl sites for hydroxylation is 3. The van der Waals surface area contributed by atoms with E-state index in [-0.39, 0.29) is 30.2 Å². The van der Waals surface area contributed by atoms with Crippen LogP contribution in [0.25, 0.3) is 22.2 Å². The fourth-order valence-electron chi connectivity index (χ4n) is 6.43. The minimum absolute atomic E-state index is 0.0983. The molecule has 1 saturated heterocycles. The number of benzene rings is 1. The predicted molar refractivity (Wildman–Crippen MR) is 178 cm³/mol. The first-order valence-electron chi connectivity index (χ1n) is 15.7. The maximum atomic E-state index is 13.0. The highest BCUT2D eigenvalue weighted by Crippen LogP contribution is 2.33. The Morgan fingerprint density at radius 3 is 2.55 bits per heavy atom. The lowest BCUT2D eigenvalue weighted by molar-refractivity contribution is 0.0885. The summed E-state index contributed by atoms with van der Waals surface area (Å²) in [6.07, 6.45) is 0.182. The molecular weight excluding hydrogens is 570 g/mol. The molecule has 0 N–H and O–H groups in total. The zero-order valence-corrected chi connectivity index (χ0v) is 28.8. The summed E-state index contributed by atoms with van der Waals surface area (Å²) in [6.45, 7) is 21.3. The third kappa shape index (κ3) is 6.05. The Bertz CT molecular complexity index is 1760. The molecule has 0 saturated carbocycles. The third-order valence-corrected chi connectivity index (χ3v) is 10.8. The second-order valence-electron chi connectivity index (χ2n) is 13.5. The van der Waals surface area contributed by atoms with Crippen molar-refractivity contribution in [2.24, 2.45) is 7.05 Å². The van der Waals surface area contributed by atoms with Crippen LogP contribution in [0.15, 0.2) is 23.0 Å². The Kier molecular flexibility index (Phi) is 9.03. The first-order valence-corrected chi connectivity index (χ1v) is 19.4. The molecule has 1 unspecified atom stereocenters. The molecule has 11 nitrogen and oxygen atoms in total. The molecule has 1 aliphatic rings. The number of anilines is 1. The lowest BCUT2D eigenvalue weighted by atomic mass is 10.0. The van der Waals surface area contributed by atoms with Crippen LogP contribution in [0.3, 0.4) is 0 Å². The minimum atomic E-state index is -1.13. The quantitative estimate of drug-likeness (QED) is 0.184. The van der Waals surface area contributed by atoms with Gasteiger partial charge in [-0.2, -0.15) is 10.2 Å². The summed E-state index contributed by atoms with van der Waals surface area (Å²) in [5.74, 6) is 2.23. The summed E-state index contributed by atoms with van der Waals surface area (Å²) in [5.41, 5.74) is 4.40. The molecule has 1 fully saturated rings. The summed E-state index contributed by atoms with van der Waals surface area (Å²) in [7, 11) is 0.591.